The quantitative estimate of drug-likeness (QED) is 0.798. The van der Waals surface area contributed by atoms with Crippen molar-refractivity contribution in [1.29, 1.82) is 0 Å². The van der Waals surface area contributed by atoms with Crippen LogP contribution in [0, 0.1) is 0 Å². The van der Waals surface area contributed by atoms with Gasteiger partial charge in [0.1, 0.15) is 0 Å². The summed E-state index contributed by atoms with van der Waals surface area (Å²) in [7, 11) is 0. The van der Waals surface area contributed by atoms with E-state index in [0.717, 1.165) is 4.47 Å². The molecule has 0 spiro atoms. The van der Waals surface area contributed by atoms with Crippen molar-refractivity contribution in [3.8, 4) is 0 Å². The number of hydrogen-bond donors (Lipinski definition) is 2. The van der Waals surface area contributed by atoms with Gasteiger partial charge in [0.25, 0.3) is 5.91 Å². The number of aliphatic hydroxyl groups is 1. The molecule has 0 aliphatic heterocycles. The molecule has 0 radical (unpaired) electrons. The zero-order valence-corrected chi connectivity index (χ0v) is 13.9. The summed E-state index contributed by atoms with van der Waals surface area (Å²) in [4.78, 5) is 12.3. The number of carbonyl (C=O) groups is 1. The molecule has 104 valence electrons. The number of halogens is 2. The van der Waals surface area contributed by atoms with Gasteiger partial charge in [-0.2, -0.15) is 0 Å². The zero-order valence-electron chi connectivity index (χ0n) is 10.7. The highest BCUT2D eigenvalue weighted by atomic mass is 79.9. The van der Waals surface area contributed by atoms with Crippen LogP contribution >= 0.6 is 31.9 Å². The fraction of sp³-hybridized carbons (Fsp3) is 0.133. The summed E-state index contributed by atoms with van der Waals surface area (Å²) in [5, 5.41) is 12.5. The highest BCUT2D eigenvalue weighted by Crippen LogP contribution is 2.25. The lowest BCUT2D eigenvalue weighted by molar-refractivity contribution is 0.102. The molecule has 5 heteroatoms. The smallest absolute Gasteiger partial charge is 0.256 e. The maximum atomic E-state index is 12.3. The SMILES string of the molecule is CC(O)c1ccccc1NC(=O)c1cc(Br)ccc1Br. The van der Waals surface area contributed by atoms with Crippen LogP contribution < -0.4 is 5.32 Å². The second-order valence-corrected chi connectivity index (χ2v) is 6.11. The van der Waals surface area contributed by atoms with E-state index in [0.29, 0.717) is 21.3 Å². The Morgan fingerprint density at radius 2 is 1.90 bits per heavy atom. The molecule has 1 amide bonds. The number of benzene rings is 2. The van der Waals surface area contributed by atoms with Crippen molar-refractivity contribution in [3.05, 3.63) is 62.5 Å². The number of aliphatic hydroxyl groups excluding tert-OH is 1. The largest absolute Gasteiger partial charge is 0.389 e. The van der Waals surface area contributed by atoms with Crippen LogP contribution in [0.15, 0.2) is 51.4 Å². The van der Waals surface area contributed by atoms with Crippen molar-refractivity contribution in [1.82, 2.24) is 0 Å². The van der Waals surface area contributed by atoms with Crippen LogP contribution in [0.1, 0.15) is 28.9 Å². The van der Waals surface area contributed by atoms with Crippen LogP contribution in [-0.4, -0.2) is 11.0 Å². The number of hydrogen-bond acceptors (Lipinski definition) is 2. The van der Waals surface area contributed by atoms with Crippen LogP contribution in [0.25, 0.3) is 0 Å². The van der Waals surface area contributed by atoms with Crippen molar-refractivity contribution in [3.63, 3.8) is 0 Å². The molecular weight excluding hydrogens is 386 g/mol. The Labute approximate surface area is 134 Å². The molecule has 1 unspecified atom stereocenters. The van der Waals surface area contributed by atoms with E-state index in [-0.39, 0.29) is 5.91 Å². The minimum atomic E-state index is -0.641. The molecule has 2 rings (SSSR count). The first-order valence-electron chi connectivity index (χ1n) is 6.02. The van der Waals surface area contributed by atoms with Crippen LogP contribution in [0.4, 0.5) is 5.69 Å². The molecule has 1 atom stereocenters. The molecule has 0 bridgehead atoms. The molecule has 20 heavy (non-hydrogen) atoms. The van der Waals surface area contributed by atoms with E-state index in [1.807, 2.05) is 18.2 Å². The second kappa shape index (κ2) is 6.52. The molecule has 2 N–H and O–H groups in total. The number of nitrogens with one attached hydrogen (secondary N) is 1. The van der Waals surface area contributed by atoms with Gasteiger partial charge in [0.2, 0.25) is 0 Å². The number of amides is 1. The van der Waals surface area contributed by atoms with Crippen LogP contribution in [0.5, 0.6) is 0 Å². The Balaban J connectivity index is 2.31. The maximum Gasteiger partial charge on any atom is 0.256 e. The fourth-order valence-corrected chi connectivity index (χ4v) is 2.62. The Morgan fingerprint density at radius 3 is 2.60 bits per heavy atom. The van der Waals surface area contributed by atoms with Gasteiger partial charge in [0, 0.05) is 20.2 Å². The van der Waals surface area contributed by atoms with E-state index in [1.54, 1.807) is 31.2 Å². The minimum Gasteiger partial charge on any atom is -0.389 e. The standard InChI is InChI=1S/C15H13Br2NO2/c1-9(19)11-4-2-3-5-14(11)18-15(20)12-8-10(16)6-7-13(12)17/h2-9,19H,1H3,(H,18,20). The number of rotatable bonds is 3. The highest BCUT2D eigenvalue weighted by Gasteiger charge is 2.14. The number of para-hydroxylation sites is 1. The highest BCUT2D eigenvalue weighted by molar-refractivity contribution is 9.11. The van der Waals surface area contributed by atoms with Gasteiger partial charge < -0.3 is 10.4 Å². The maximum absolute atomic E-state index is 12.3. The molecule has 0 aliphatic carbocycles. The molecule has 0 fully saturated rings. The first-order valence-corrected chi connectivity index (χ1v) is 7.61. The topological polar surface area (TPSA) is 49.3 Å². The molecular formula is C15H13Br2NO2. The zero-order chi connectivity index (χ0) is 14.7. The van der Waals surface area contributed by atoms with E-state index in [2.05, 4.69) is 37.2 Å². The van der Waals surface area contributed by atoms with Gasteiger partial charge >= 0.3 is 0 Å². The number of carbonyl (C=O) groups excluding carboxylic acids is 1. The summed E-state index contributed by atoms with van der Waals surface area (Å²) in [5.74, 6) is -0.230. The van der Waals surface area contributed by atoms with E-state index < -0.39 is 6.10 Å². The van der Waals surface area contributed by atoms with E-state index in [9.17, 15) is 9.90 Å². The lowest BCUT2D eigenvalue weighted by Gasteiger charge is -2.13. The van der Waals surface area contributed by atoms with E-state index in [1.165, 1.54) is 0 Å². The van der Waals surface area contributed by atoms with Crippen LogP contribution in [-0.2, 0) is 0 Å². The van der Waals surface area contributed by atoms with Gasteiger partial charge in [0.05, 0.1) is 11.7 Å². The lowest BCUT2D eigenvalue weighted by Crippen LogP contribution is -2.14. The lowest BCUT2D eigenvalue weighted by atomic mass is 10.1. The van der Waals surface area contributed by atoms with Gasteiger partial charge in [-0.1, -0.05) is 34.1 Å². The predicted molar refractivity (Wildman–Crippen MR) is 86.9 cm³/mol. The second-order valence-electron chi connectivity index (χ2n) is 4.34. The van der Waals surface area contributed by atoms with E-state index >= 15 is 0 Å². The fourth-order valence-electron chi connectivity index (χ4n) is 1.84. The van der Waals surface area contributed by atoms with Crippen molar-refractivity contribution >= 4 is 43.5 Å². The Bertz CT molecular complexity index is 642. The summed E-state index contributed by atoms with van der Waals surface area (Å²) < 4.78 is 1.54. The first-order chi connectivity index (χ1) is 9.49. The van der Waals surface area contributed by atoms with Gasteiger partial charge in [0.15, 0.2) is 0 Å². The average molecular weight is 399 g/mol. The summed E-state index contributed by atoms with van der Waals surface area (Å²) in [6, 6.07) is 12.6. The summed E-state index contributed by atoms with van der Waals surface area (Å²) >= 11 is 6.71. The van der Waals surface area contributed by atoms with Crippen molar-refractivity contribution in [2.24, 2.45) is 0 Å². The third-order valence-corrected chi connectivity index (χ3v) is 4.02. The van der Waals surface area contributed by atoms with Crippen molar-refractivity contribution in [2.45, 2.75) is 13.0 Å². The van der Waals surface area contributed by atoms with Crippen LogP contribution in [0.2, 0.25) is 0 Å². The van der Waals surface area contributed by atoms with Crippen LogP contribution in [0.3, 0.4) is 0 Å². The molecule has 3 nitrogen and oxygen atoms in total. The average Bonchev–Trinajstić information content (AvgIpc) is 2.41. The number of anilines is 1. The van der Waals surface area contributed by atoms with Crippen molar-refractivity contribution in [2.75, 3.05) is 5.32 Å². The predicted octanol–water partition coefficient (Wildman–Crippen LogP) is 4.52. The summed E-state index contributed by atoms with van der Waals surface area (Å²) in [6.45, 7) is 1.67. The Hall–Kier alpha value is -1.17. The molecule has 0 aliphatic rings. The van der Waals surface area contributed by atoms with Gasteiger partial charge in [-0.15, -0.1) is 0 Å². The normalized spacial score (nSPS) is 12.0. The monoisotopic (exact) mass is 397 g/mol. The van der Waals surface area contributed by atoms with Crippen molar-refractivity contribution < 1.29 is 9.90 Å². The summed E-state index contributed by atoms with van der Waals surface area (Å²) in [5.41, 5.74) is 1.83. The minimum absolute atomic E-state index is 0.230. The molecule has 0 saturated carbocycles. The van der Waals surface area contributed by atoms with Gasteiger partial charge in [-0.3, -0.25) is 4.79 Å². The van der Waals surface area contributed by atoms with Gasteiger partial charge in [-0.05, 0) is 47.1 Å². The Morgan fingerprint density at radius 1 is 1.20 bits per heavy atom. The molecule has 2 aromatic rings. The summed E-state index contributed by atoms with van der Waals surface area (Å²) in [6.07, 6.45) is -0.641. The van der Waals surface area contributed by atoms with Gasteiger partial charge in [-0.25, -0.2) is 0 Å². The Kier molecular flexibility index (Phi) is 4.96. The molecule has 0 aromatic heterocycles. The molecule has 0 saturated heterocycles. The van der Waals surface area contributed by atoms with E-state index in [4.69, 9.17) is 0 Å². The third-order valence-electron chi connectivity index (χ3n) is 2.83. The molecule has 0 heterocycles. The third kappa shape index (κ3) is 3.48. The molecule has 2 aromatic carbocycles. The first kappa shape index (κ1) is 15.2.